The summed E-state index contributed by atoms with van der Waals surface area (Å²) >= 11 is 0. The van der Waals surface area contributed by atoms with Gasteiger partial charge in [-0.2, -0.15) is 0 Å². The van der Waals surface area contributed by atoms with Gasteiger partial charge in [0, 0.05) is 18.7 Å². The third-order valence-electron chi connectivity index (χ3n) is 3.40. The standard InChI is InChI=1S/C12H18N2O5S.ClH/c1-8-3-4-13-6-10(8)14-20(16,17)11-5-9(7-19-11)12(15)18-2;/h5,7-8,10,13-14H,3-4,6H2,1-2H3;1H. The highest BCUT2D eigenvalue weighted by atomic mass is 35.5. The van der Waals surface area contributed by atoms with Gasteiger partial charge in [-0.05, 0) is 18.9 Å². The fourth-order valence-electron chi connectivity index (χ4n) is 2.09. The zero-order valence-corrected chi connectivity index (χ0v) is 13.4. The largest absolute Gasteiger partial charge is 0.465 e. The van der Waals surface area contributed by atoms with E-state index >= 15 is 0 Å². The summed E-state index contributed by atoms with van der Waals surface area (Å²) in [6.45, 7) is 3.45. The van der Waals surface area contributed by atoms with Gasteiger partial charge < -0.3 is 14.5 Å². The Bertz CT molecular complexity index is 586. The van der Waals surface area contributed by atoms with Crippen molar-refractivity contribution in [2.24, 2.45) is 5.92 Å². The molecule has 0 aromatic carbocycles. The molecule has 0 spiro atoms. The van der Waals surface area contributed by atoms with Crippen molar-refractivity contribution in [3.63, 3.8) is 0 Å². The lowest BCUT2D eigenvalue weighted by atomic mass is 9.96. The monoisotopic (exact) mass is 338 g/mol. The molecule has 0 radical (unpaired) electrons. The van der Waals surface area contributed by atoms with Crippen molar-refractivity contribution in [3.05, 3.63) is 17.9 Å². The molecule has 9 heteroatoms. The molecular weight excluding hydrogens is 320 g/mol. The lowest BCUT2D eigenvalue weighted by molar-refractivity contribution is 0.0600. The van der Waals surface area contributed by atoms with Crippen molar-refractivity contribution in [1.82, 2.24) is 10.0 Å². The van der Waals surface area contributed by atoms with Gasteiger partial charge in [0.2, 0.25) is 5.09 Å². The first kappa shape index (κ1) is 18.0. The molecule has 2 rings (SSSR count). The van der Waals surface area contributed by atoms with Gasteiger partial charge >= 0.3 is 5.97 Å². The van der Waals surface area contributed by atoms with Crippen LogP contribution in [0.4, 0.5) is 0 Å². The summed E-state index contributed by atoms with van der Waals surface area (Å²) < 4.78 is 36.4. The van der Waals surface area contributed by atoms with E-state index in [2.05, 4.69) is 14.8 Å². The topological polar surface area (TPSA) is 97.6 Å². The molecule has 0 bridgehead atoms. The Morgan fingerprint density at radius 2 is 2.24 bits per heavy atom. The number of esters is 1. The number of halogens is 1. The summed E-state index contributed by atoms with van der Waals surface area (Å²) in [7, 11) is -2.56. The van der Waals surface area contributed by atoms with Gasteiger partial charge in [-0.1, -0.05) is 6.92 Å². The van der Waals surface area contributed by atoms with Gasteiger partial charge in [-0.15, -0.1) is 12.4 Å². The van der Waals surface area contributed by atoms with Crippen LogP contribution in [0.5, 0.6) is 0 Å². The first-order valence-electron chi connectivity index (χ1n) is 6.34. The van der Waals surface area contributed by atoms with Crippen molar-refractivity contribution >= 4 is 28.4 Å². The van der Waals surface area contributed by atoms with Gasteiger partial charge in [-0.3, -0.25) is 0 Å². The molecule has 1 aliphatic rings. The summed E-state index contributed by atoms with van der Waals surface area (Å²) in [6.07, 6.45) is 1.97. The Hall–Kier alpha value is -1.09. The maximum atomic E-state index is 12.2. The average molecular weight is 339 g/mol. The highest BCUT2D eigenvalue weighted by Crippen LogP contribution is 2.18. The minimum atomic E-state index is -3.78. The number of sulfonamides is 1. The molecular formula is C12H19ClN2O5S. The van der Waals surface area contributed by atoms with Crippen LogP contribution in [0.25, 0.3) is 0 Å². The third-order valence-corrected chi connectivity index (χ3v) is 4.75. The van der Waals surface area contributed by atoms with Crippen LogP contribution in [0.15, 0.2) is 21.8 Å². The Labute approximate surface area is 129 Å². The summed E-state index contributed by atoms with van der Waals surface area (Å²) in [6, 6.07) is 0.968. The Morgan fingerprint density at radius 3 is 2.86 bits per heavy atom. The molecule has 0 saturated carbocycles. The average Bonchev–Trinajstić information content (AvgIpc) is 2.91. The van der Waals surface area contributed by atoms with E-state index in [1.54, 1.807) is 0 Å². The number of ether oxygens (including phenoxy) is 1. The van der Waals surface area contributed by atoms with Crippen LogP contribution in [0.2, 0.25) is 0 Å². The predicted molar refractivity (Wildman–Crippen MR) is 78.1 cm³/mol. The Balaban J connectivity index is 0.00000220. The number of hydrogen-bond donors (Lipinski definition) is 2. The lowest BCUT2D eigenvalue weighted by Crippen LogP contribution is -2.50. The molecule has 1 aromatic heterocycles. The molecule has 21 heavy (non-hydrogen) atoms. The van der Waals surface area contributed by atoms with Crippen LogP contribution in [0, 0.1) is 5.92 Å². The van der Waals surface area contributed by atoms with Crippen LogP contribution in [-0.4, -0.2) is 40.6 Å². The quantitative estimate of drug-likeness (QED) is 0.787. The molecule has 2 heterocycles. The number of piperidine rings is 1. The van der Waals surface area contributed by atoms with Gasteiger partial charge in [0.25, 0.3) is 10.0 Å². The van der Waals surface area contributed by atoms with Crippen molar-refractivity contribution < 1.29 is 22.4 Å². The van der Waals surface area contributed by atoms with Gasteiger partial charge in [0.15, 0.2) is 0 Å². The third kappa shape index (κ3) is 4.19. The molecule has 2 atom stereocenters. The number of rotatable bonds is 4. The van der Waals surface area contributed by atoms with Crippen molar-refractivity contribution in [3.8, 4) is 0 Å². The summed E-state index contributed by atoms with van der Waals surface area (Å²) in [5.41, 5.74) is 0.0719. The smallest absolute Gasteiger partial charge is 0.341 e. The molecule has 120 valence electrons. The van der Waals surface area contributed by atoms with Crippen LogP contribution in [0.3, 0.4) is 0 Å². The number of carbonyl (C=O) groups is 1. The SMILES string of the molecule is COC(=O)c1coc(S(=O)(=O)NC2CNCCC2C)c1.Cl. The van der Waals surface area contributed by atoms with Crippen LogP contribution in [-0.2, 0) is 14.8 Å². The van der Waals surface area contributed by atoms with E-state index in [0.29, 0.717) is 6.54 Å². The summed E-state index contributed by atoms with van der Waals surface area (Å²) in [5.74, 6) is -0.399. The minimum absolute atomic E-state index is 0. The first-order chi connectivity index (χ1) is 9.44. The number of nitrogens with one attached hydrogen (secondary N) is 2. The molecule has 2 unspecified atom stereocenters. The fraction of sp³-hybridized carbons (Fsp3) is 0.583. The van der Waals surface area contributed by atoms with Crippen LogP contribution < -0.4 is 10.0 Å². The molecule has 1 aliphatic heterocycles. The van der Waals surface area contributed by atoms with E-state index in [4.69, 9.17) is 4.42 Å². The fourth-order valence-corrected chi connectivity index (χ4v) is 3.37. The lowest BCUT2D eigenvalue weighted by Gasteiger charge is -2.29. The zero-order chi connectivity index (χ0) is 14.8. The van der Waals surface area contributed by atoms with E-state index in [-0.39, 0.29) is 35.0 Å². The van der Waals surface area contributed by atoms with Crippen molar-refractivity contribution in [1.29, 1.82) is 0 Å². The zero-order valence-electron chi connectivity index (χ0n) is 11.8. The highest BCUT2D eigenvalue weighted by Gasteiger charge is 2.29. The Kier molecular flexibility index (Phi) is 6.21. The second kappa shape index (κ2) is 7.26. The van der Waals surface area contributed by atoms with Gasteiger partial charge in [0.1, 0.15) is 6.26 Å². The second-order valence-corrected chi connectivity index (χ2v) is 6.49. The molecule has 0 aliphatic carbocycles. The van der Waals surface area contributed by atoms with Gasteiger partial charge in [0.05, 0.1) is 12.7 Å². The van der Waals surface area contributed by atoms with E-state index in [1.165, 1.54) is 7.11 Å². The van der Waals surface area contributed by atoms with E-state index < -0.39 is 16.0 Å². The normalized spacial score (nSPS) is 22.4. The first-order valence-corrected chi connectivity index (χ1v) is 7.82. The predicted octanol–water partition coefficient (Wildman–Crippen LogP) is 0.764. The molecule has 1 fully saturated rings. The molecule has 0 amide bonds. The second-order valence-electron chi connectivity index (χ2n) is 4.84. The van der Waals surface area contributed by atoms with Crippen LogP contribution >= 0.6 is 12.4 Å². The maximum absolute atomic E-state index is 12.2. The van der Waals surface area contributed by atoms with Gasteiger partial charge in [-0.25, -0.2) is 17.9 Å². The Morgan fingerprint density at radius 1 is 1.52 bits per heavy atom. The van der Waals surface area contributed by atoms with E-state index in [1.807, 2.05) is 6.92 Å². The van der Waals surface area contributed by atoms with Crippen molar-refractivity contribution in [2.75, 3.05) is 20.2 Å². The highest BCUT2D eigenvalue weighted by molar-refractivity contribution is 7.89. The maximum Gasteiger partial charge on any atom is 0.341 e. The number of carbonyl (C=O) groups excluding carboxylic acids is 1. The minimum Gasteiger partial charge on any atom is -0.465 e. The van der Waals surface area contributed by atoms with Crippen LogP contribution in [0.1, 0.15) is 23.7 Å². The van der Waals surface area contributed by atoms with E-state index in [0.717, 1.165) is 25.3 Å². The number of hydrogen-bond acceptors (Lipinski definition) is 6. The molecule has 2 N–H and O–H groups in total. The van der Waals surface area contributed by atoms with E-state index in [9.17, 15) is 13.2 Å². The molecule has 1 aromatic rings. The summed E-state index contributed by atoms with van der Waals surface area (Å²) in [4.78, 5) is 11.3. The number of methoxy groups -OCH3 is 1. The number of furan rings is 1. The summed E-state index contributed by atoms with van der Waals surface area (Å²) in [5, 5.41) is 2.86. The molecule has 1 saturated heterocycles. The molecule has 7 nitrogen and oxygen atoms in total. The van der Waals surface area contributed by atoms with Crippen molar-refractivity contribution in [2.45, 2.75) is 24.5 Å².